The molecule has 0 N–H and O–H groups in total. The molecule has 9 heteroatoms. The summed E-state index contributed by atoms with van der Waals surface area (Å²) in [6.07, 6.45) is 1.69. The van der Waals surface area contributed by atoms with Crippen LogP contribution in [0.3, 0.4) is 0 Å². The van der Waals surface area contributed by atoms with Crippen molar-refractivity contribution >= 4 is 34.3 Å². The summed E-state index contributed by atoms with van der Waals surface area (Å²) in [5, 5.41) is 11.4. The molecule has 0 unspecified atom stereocenters. The molecule has 0 aliphatic rings. The average molecular weight is 498 g/mol. The Morgan fingerprint density at radius 2 is 1.61 bits per heavy atom. The molecule has 0 spiro atoms. The molecule has 0 atom stereocenters. The van der Waals surface area contributed by atoms with Gasteiger partial charge in [-0.1, -0.05) is 35.9 Å². The van der Waals surface area contributed by atoms with Crippen LogP contribution < -0.4 is 9.47 Å². The van der Waals surface area contributed by atoms with E-state index in [1.54, 1.807) is 48.7 Å². The number of fused-ring (bicyclic) bond motifs is 1. The standard InChI is InChI=1S/C27H16ClN3O5/c28-21-7-4-10-25(31(33)34)26(21)35-20-6-3-5-18(15-20)27(32)36-19-13-11-17(12-14-19)24-16-29-22-8-1-2-9-23(22)30-24/h1-16H. The molecule has 1 aromatic heterocycles. The van der Waals surface area contributed by atoms with Gasteiger partial charge in [0.15, 0.2) is 0 Å². The van der Waals surface area contributed by atoms with E-state index in [0.717, 1.165) is 16.6 Å². The molecule has 0 amide bonds. The number of nitrogens with zero attached hydrogens (tertiary/aromatic N) is 3. The highest BCUT2D eigenvalue weighted by molar-refractivity contribution is 6.32. The zero-order chi connectivity index (χ0) is 25.1. The number of carbonyl (C=O) groups excluding carboxylic acids is 1. The molecule has 36 heavy (non-hydrogen) atoms. The van der Waals surface area contributed by atoms with Crippen molar-refractivity contribution in [3.63, 3.8) is 0 Å². The van der Waals surface area contributed by atoms with Gasteiger partial charge in [0.2, 0.25) is 5.75 Å². The molecule has 176 valence electrons. The molecule has 0 saturated carbocycles. The third-order valence-electron chi connectivity index (χ3n) is 5.24. The second-order valence-electron chi connectivity index (χ2n) is 7.63. The first-order valence-corrected chi connectivity index (χ1v) is 11.1. The van der Waals surface area contributed by atoms with Crippen molar-refractivity contribution in [2.75, 3.05) is 0 Å². The van der Waals surface area contributed by atoms with Gasteiger partial charge in [0.25, 0.3) is 0 Å². The van der Waals surface area contributed by atoms with Crippen molar-refractivity contribution in [1.29, 1.82) is 0 Å². The summed E-state index contributed by atoms with van der Waals surface area (Å²) in [5.41, 5.74) is 3.03. The van der Waals surface area contributed by atoms with Gasteiger partial charge in [0.05, 0.1) is 38.4 Å². The summed E-state index contributed by atoms with van der Waals surface area (Å²) in [5.74, 6) is -0.189. The summed E-state index contributed by atoms with van der Waals surface area (Å²) >= 11 is 6.09. The van der Waals surface area contributed by atoms with E-state index in [0.29, 0.717) is 11.4 Å². The molecular formula is C27H16ClN3O5. The quantitative estimate of drug-likeness (QED) is 0.109. The number of esters is 1. The fraction of sp³-hybridized carbons (Fsp3) is 0. The Labute approximate surface area is 209 Å². The lowest BCUT2D eigenvalue weighted by Gasteiger charge is -2.10. The van der Waals surface area contributed by atoms with Gasteiger partial charge >= 0.3 is 11.7 Å². The summed E-state index contributed by atoms with van der Waals surface area (Å²) in [6, 6.07) is 24.8. The van der Waals surface area contributed by atoms with Crippen molar-refractivity contribution < 1.29 is 19.2 Å². The minimum Gasteiger partial charge on any atom is -0.449 e. The number of para-hydroxylation sites is 3. The summed E-state index contributed by atoms with van der Waals surface area (Å²) in [4.78, 5) is 32.5. The molecule has 0 aliphatic heterocycles. The molecular weight excluding hydrogens is 482 g/mol. The van der Waals surface area contributed by atoms with Gasteiger partial charge in [-0.05, 0) is 60.7 Å². The van der Waals surface area contributed by atoms with Crippen LogP contribution in [0.1, 0.15) is 10.4 Å². The predicted octanol–water partition coefficient (Wildman–Crippen LogP) is 6.87. The Bertz CT molecular complexity index is 1610. The molecule has 0 fully saturated rings. The van der Waals surface area contributed by atoms with Crippen molar-refractivity contribution in [3.8, 4) is 28.5 Å². The first kappa shape index (κ1) is 22.9. The second-order valence-corrected chi connectivity index (χ2v) is 8.04. The van der Waals surface area contributed by atoms with Gasteiger partial charge in [0, 0.05) is 11.6 Å². The van der Waals surface area contributed by atoms with Gasteiger partial charge in [-0.25, -0.2) is 9.78 Å². The maximum absolute atomic E-state index is 12.7. The van der Waals surface area contributed by atoms with E-state index < -0.39 is 10.9 Å². The monoisotopic (exact) mass is 497 g/mol. The Hall–Kier alpha value is -4.82. The van der Waals surface area contributed by atoms with Crippen LogP contribution in [0.25, 0.3) is 22.3 Å². The van der Waals surface area contributed by atoms with E-state index in [-0.39, 0.29) is 27.8 Å². The van der Waals surface area contributed by atoms with Gasteiger partial charge in [-0.3, -0.25) is 15.1 Å². The van der Waals surface area contributed by atoms with Crippen LogP contribution in [0.4, 0.5) is 5.69 Å². The van der Waals surface area contributed by atoms with Crippen LogP contribution in [0.2, 0.25) is 5.02 Å². The van der Waals surface area contributed by atoms with Gasteiger partial charge < -0.3 is 9.47 Å². The predicted molar refractivity (Wildman–Crippen MR) is 135 cm³/mol. The Balaban J connectivity index is 1.32. The van der Waals surface area contributed by atoms with E-state index in [1.165, 1.54) is 24.3 Å². The van der Waals surface area contributed by atoms with Crippen LogP contribution in [-0.4, -0.2) is 20.9 Å². The number of carbonyl (C=O) groups is 1. The Morgan fingerprint density at radius 1 is 0.861 bits per heavy atom. The number of nitro groups is 1. The van der Waals surface area contributed by atoms with E-state index in [2.05, 4.69) is 9.97 Å². The lowest BCUT2D eigenvalue weighted by atomic mass is 10.1. The van der Waals surface area contributed by atoms with E-state index in [9.17, 15) is 14.9 Å². The topological polar surface area (TPSA) is 104 Å². The minimum absolute atomic E-state index is 0.0772. The maximum atomic E-state index is 12.7. The average Bonchev–Trinajstić information content (AvgIpc) is 2.90. The van der Waals surface area contributed by atoms with E-state index in [4.69, 9.17) is 21.1 Å². The zero-order valence-electron chi connectivity index (χ0n) is 18.5. The molecule has 5 rings (SSSR count). The van der Waals surface area contributed by atoms with Gasteiger partial charge in [0.1, 0.15) is 11.5 Å². The van der Waals surface area contributed by atoms with Crippen LogP contribution in [0.15, 0.2) is 97.2 Å². The summed E-state index contributed by atoms with van der Waals surface area (Å²) in [6.45, 7) is 0. The highest BCUT2D eigenvalue weighted by Crippen LogP contribution is 2.38. The SMILES string of the molecule is O=C(Oc1ccc(-c2cnc3ccccc3n2)cc1)c1cccc(Oc2c(Cl)cccc2[N+](=O)[O-])c1. The number of rotatable bonds is 6. The molecule has 0 radical (unpaired) electrons. The van der Waals surface area contributed by atoms with Crippen molar-refractivity contribution in [2.24, 2.45) is 0 Å². The van der Waals surface area contributed by atoms with Crippen LogP contribution in [0, 0.1) is 10.1 Å². The zero-order valence-corrected chi connectivity index (χ0v) is 19.3. The highest BCUT2D eigenvalue weighted by atomic mass is 35.5. The molecule has 0 aliphatic carbocycles. The van der Waals surface area contributed by atoms with Gasteiger partial charge in [-0.2, -0.15) is 0 Å². The molecule has 0 saturated heterocycles. The van der Waals surface area contributed by atoms with Crippen molar-refractivity contribution in [3.05, 3.63) is 118 Å². The number of benzene rings is 4. The highest BCUT2D eigenvalue weighted by Gasteiger charge is 2.20. The lowest BCUT2D eigenvalue weighted by Crippen LogP contribution is -2.08. The number of halogens is 1. The van der Waals surface area contributed by atoms with Crippen LogP contribution in [-0.2, 0) is 0 Å². The summed E-state index contributed by atoms with van der Waals surface area (Å²) < 4.78 is 11.1. The normalized spacial score (nSPS) is 10.7. The molecule has 0 bridgehead atoms. The maximum Gasteiger partial charge on any atom is 0.343 e. The van der Waals surface area contributed by atoms with Crippen LogP contribution >= 0.6 is 11.6 Å². The molecule has 1 heterocycles. The van der Waals surface area contributed by atoms with Crippen molar-refractivity contribution in [2.45, 2.75) is 0 Å². The lowest BCUT2D eigenvalue weighted by molar-refractivity contribution is -0.385. The number of hydrogen-bond donors (Lipinski definition) is 0. The molecule has 5 aromatic rings. The molecule has 4 aromatic carbocycles. The Morgan fingerprint density at radius 3 is 2.39 bits per heavy atom. The molecule has 8 nitrogen and oxygen atoms in total. The third-order valence-corrected chi connectivity index (χ3v) is 5.54. The number of hydrogen-bond acceptors (Lipinski definition) is 7. The first-order chi connectivity index (χ1) is 17.5. The number of aromatic nitrogens is 2. The van der Waals surface area contributed by atoms with Crippen molar-refractivity contribution in [1.82, 2.24) is 9.97 Å². The third kappa shape index (κ3) is 4.84. The van der Waals surface area contributed by atoms with E-state index in [1.807, 2.05) is 24.3 Å². The van der Waals surface area contributed by atoms with Crippen LogP contribution in [0.5, 0.6) is 17.2 Å². The largest absolute Gasteiger partial charge is 0.449 e. The number of ether oxygens (including phenoxy) is 2. The minimum atomic E-state index is -0.618. The summed E-state index contributed by atoms with van der Waals surface area (Å²) in [7, 11) is 0. The smallest absolute Gasteiger partial charge is 0.343 e. The first-order valence-electron chi connectivity index (χ1n) is 10.7. The number of nitro benzene ring substituents is 1. The van der Waals surface area contributed by atoms with Gasteiger partial charge in [-0.15, -0.1) is 0 Å². The fourth-order valence-electron chi connectivity index (χ4n) is 3.50. The second kappa shape index (κ2) is 9.81. The Kier molecular flexibility index (Phi) is 6.25. The van der Waals surface area contributed by atoms with E-state index >= 15 is 0 Å². The fourth-order valence-corrected chi connectivity index (χ4v) is 3.71.